The highest BCUT2D eigenvalue weighted by molar-refractivity contribution is 6.36. The molecule has 0 aliphatic heterocycles. The summed E-state index contributed by atoms with van der Waals surface area (Å²) < 4.78 is 0. The Bertz CT molecular complexity index is 538. The Morgan fingerprint density at radius 2 is 2.16 bits per heavy atom. The number of nitriles is 1. The van der Waals surface area contributed by atoms with Crippen LogP contribution in [-0.2, 0) is 4.79 Å². The molecule has 4 nitrogen and oxygen atoms in total. The Balaban J connectivity index is 2.77. The average Bonchev–Trinajstić information content (AvgIpc) is 2.38. The van der Waals surface area contributed by atoms with Gasteiger partial charge in [0.25, 0.3) is 5.91 Å². The van der Waals surface area contributed by atoms with Crippen molar-refractivity contribution in [1.82, 2.24) is 5.32 Å². The van der Waals surface area contributed by atoms with Gasteiger partial charge < -0.3 is 10.6 Å². The first-order valence-electron chi connectivity index (χ1n) is 5.24. The second-order valence-electron chi connectivity index (χ2n) is 3.39. The molecule has 0 aromatic heterocycles. The highest BCUT2D eigenvalue weighted by Crippen LogP contribution is 2.25. The Labute approximate surface area is 125 Å². The summed E-state index contributed by atoms with van der Waals surface area (Å²) in [5.74, 6) is -0.186. The molecule has 100 valence electrons. The van der Waals surface area contributed by atoms with Crippen molar-refractivity contribution >= 4 is 46.4 Å². The number of rotatable bonds is 5. The van der Waals surface area contributed by atoms with E-state index >= 15 is 0 Å². The molecular formula is C12H10Cl3N3O. The summed E-state index contributed by atoms with van der Waals surface area (Å²) in [5.41, 5.74) is 0.311. The number of benzene rings is 1. The standard InChI is InChI=1S/C12H10Cl3N3O/c13-3-4-17-7-8(6-16)12(19)18-11-2-1-9(14)5-10(11)15/h1-2,5,7,17H,3-4H2,(H,18,19)/b8-7-. The van der Waals surface area contributed by atoms with Crippen LogP contribution in [0, 0.1) is 11.3 Å². The normalized spacial score (nSPS) is 10.7. The molecule has 2 N–H and O–H groups in total. The monoisotopic (exact) mass is 317 g/mol. The lowest BCUT2D eigenvalue weighted by Gasteiger charge is -2.07. The summed E-state index contributed by atoms with van der Waals surface area (Å²) in [4.78, 5) is 11.8. The van der Waals surface area contributed by atoms with Gasteiger partial charge in [0.15, 0.2) is 0 Å². The highest BCUT2D eigenvalue weighted by Gasteiger charge is 2.11. The van der Waals surface area contributed by atoms with E-state index < -0.39 is 5.91 Å². The third-order valence-corrected chi connectivity index (χ3v) is 2.77. The van der Waals surface area contributed by atoms with Gasteiger partial charge in [-0.15, -0.1) is 11.6 Å². The molecule has 0 spiro atoms. The van der Waals surface area contributed by atoms with Crippen LogP contribution in [-0.4, -0.2) is 18.3 Å². The first kappa shape index (κ1) is 15.6. The Morgan fingerprint density at radius 1 is 1.42 bits per heavy atom. The highest BCUT2D eigenvalue weighted by atomic mass is 35.5. The van der Waals surface area contributed by atoms with Crippen LogP contribution in [0.1, 0.15) is 0 Å². The third kappa shape index (κ3) is 4.99. The summed E-state index contributed by atoms with van der Waals surface area (Å²) >= 11 is 17.1. The maximum absolute atomic E-state index is 11.8. The first-order valence-corrected chi connectivity index (χ1v) is 6.53. The minimum atomic E-state index is -0.561. The van der Waals surface area contributed by atoms with Gasteiger partial charge >= 0.3 is 0 Å². The number of anilines is 1. The van der Waals surface area contributed by atoms with Crippen LogP contribution in [0.2, 0.25) is 10.0 Å². The number of carbonyl (C=O) groups is 1. The van der Waals surface area contributed by atoms with Crippen molar-refractivity contribution in [3.05, 3.63) is 40.0 Å². The van der Waals surface area contributed by atoms with E-state index in [4.69, 9.17) is 40.1 Å². The van der Waals surface area contributed by atoms with E-state index in [0.29, 0.717) is 28.2 Å². The molecule has 0 unspecified atom stereocenters. The summed E-state index contributed by atoms with van der Waals surface area (Å²) in [6.45, 7) is 0.460. The van der Waals surface area contributed by atoms with Crippen molar-refractivity contribution in [2.45, 2.75) is 0 Å². The largest absolute Gasteiger partial charge is 0.388 e. The number of amides is 1. The van der Waals surface area contributed by atoms with Crippen LogP contribution < -0.4 is 10.6 Å². The molecule has 0 aliphatic rings. The van der Waals surface area contributed by atoms with Crippen molar-refractivity contribution in [3.63, 3.8) is 0 Å². The number of nitrogens with zero attached hydrogens (tertiary/aromatic N) is 1. The molecule has 7 heteroatoms. The van der Waals surface area contributed by atoms with Crippen molar-refractivity contribution in [2.75, 3.05) is 17.7 Å². The number of nitrogens with one attached hydrogen (secondary N) is 2. The SMILES string of the molecule is N#C/C(=C/NCCCl)C(=O)Nc1ccc(Cl)cc1Cl. The zero-order valence-electron chi connectivity index (χ0n) is 9.71. The Morgan fingerprint density at radius 3 is 2.74 bits per heavy atom. The van der Waals surface area contributed by atoms with E-state index in [1.54, 1.807) is 18.2 Å². The van der Waals surface area contributed by atoms with E-state index in [2.05, 4.69) is 10.6 Å². The van der Waals surface area contributed by atoms with Crippen LogP contribution in [0.5, 0.6) is 0 Å². The van der Waals surface area contributed by atoms with Gasteiger partial charge in [-0.25, -0.2) is 0 Å². The number of alkyl halides is 1. The summed E-state index contributed by atoms with van der Waals surface area (Å²) in [5, 5.41) is 14.9. The molecule has 19 heavy (non-hydrogen) atoms. The van der Waals surface area contributed by atoms with Gasteiger partial charge in [-0.3, -0.25) is 4.79 Å². The smallest absolute Gasteiger partial charge is 0.267 e. The minimum Gasteiger partial charge on any atom is -0.388 e. The van der Waals surface area contributed by atoms with E-state index in [1.807, 2.05) is 0 Å². The summed E-state index contributed by atoms with van der Waals surface area (Å²) in [6.07, 6.45) is 1.31. The molecule has 0 radical (unpaired) electrons. The third-order valence-electron chi connectivity index (χ3n) is 2.03. The van der Waals surface area contributed by atoms with E-state index in [0.717, 1.165) is 0 Å². The van der Waals surface area contributed by atoms with Crippen molar-refractivity contribution in [3.8, 4) is 6.07 Å². The zero-order valence-corrected chi connectivity index (χ0v) is 12.0. The summed E-state index contributed by atoms with van der Waals surface area (Å²) in [7, 11) is 0. The topological polar surface area (TPSA) is 64.9 Å². The van der Waals surface area contributed by atoms with Gasteiger partial charge in [-0.05, 0) is 18.2 Å². The van der Waals surface area contributed by atoms with Gasteiger partial charge in [0.05, 0.1) is 10.7 Å². The van der Waals surface area contributed by atoms with Crippen LogP contribution in [0.15, 0.2) is 30.0 Å². The molecule has 0 aliphatic carbocycles. The maximum Gasteiger partial charge on any atom is 0.267 e. The molecule has 0 atom stereocenters. The fourth-order valence-corrected chi connectivity index (χ4v) is 1.72. The number of carbonyl (C=O) groups excluding carboxylic acids is 1. The Kier molecular flexibility index (Phi) is 6.51. The van der Waals surface area contributed by atoms with Gasteiger partial charge in [0, 0.05) is 23.6 Å². The Hall–Kier alpha value is -1.41. The molecule has 1 rings (SSSR count). The number of halogens is 3. The molecule has 0 saturated heterocycles. The van der Waals surface area contributed by atoms with Crippen LogP contribution in [0.4, 0.5) is 5.69 Å². The fraction of sp³-hybridized carbons (Fsp3) is 0.167. The van der Waals surface area contributed by atoms with Gasteiger partial charge in [-0.1, -0.05) is 23.2 Å². The van der Waals surface area contributed by atoms with Crippen LogP contribution >= 0.6 is 34.8 Å². The molecule has 1 amide bonds. The lowest BCUT2D eigenvalue weighted by molar-refractivity contribution is -0.112. The molecule has 0 bridgehead atoms. The summed E-state index contributed by atoms with van der Waals surface area (Å²) in [6, 6.07) is 6.43. The minimum absolute atomic E-state index is 0.0730. The molecule has 0 fully saturated rings. The quantitative estimate of drug-likeness (QED) is 0.379. The van der Waals surface area contributed by atoms with Gasteiger partial charge in [0.2, 0.25) is 0 Å². The lowest BCUT2D eigenvalue weighted by Crippen LogP contribution is -2.17. The fourth-order valence-electron chi connectivity index (χ4n) is 1.16. The average molecular weight is 319 g/mol. The second kappa shape index (κ2) is 7.90. The first-order chi connectivity index (χ1) is 9.08. The zero-order chi connectivity index (χ0) is 14.3. The van der Waals surface area contributed by atoms with Gasteiger partial charge in [0.1, 0.15) is 11.6 Å². The van der Waals surface area contributed by atoms with Crippen molar-refractivity contribution < 1.29 is 4.79 Å². The van der Waals surface area contributed by atoms with Crippen LogP contribution in [0.25, 0.3) is 0 Å². The van der Waals surface area contributed by atoms with Gasteiger partial charge in [-0.2, -0.15) is 5.26 Å². The lowest BCUT2D eigenvalue weighted by atomic mass is 10.2. The van der Waals surface area contributed by atoms with Crippen molar-refractivity contribution in [2.24, 2.45) is 0 Å². The molecule has 0 heterocycles. The second-order valence-corrected chi connectivity index (χ2v) is 4.61. The number of hydrogen-bond acceptors (Lipinski definition) is 3. The van der Waals surface area contributed by atoms with Crippen molar-refractivity contribution in [1.29, 1.82) is 5.26 Å². The van der Waals surface area contributed by atoms with E-state index in [-0.39, 0.29) is 5.57 Å². The maximum atomic E-state index is 11.8. The molecular weight excluding hydrogens is 309 g/mol. The number of hydrogen-bond donors (Lipinski definition) is 2. The molecule has 0 saturated carbocycles. The predicted molar refractivity (Wildman–Crippen MR) is 77.5 cm³/mol. The predicted octanol–water partition coefficient (Wildman–Crippen LogP) is 3.17. The van der Waals surface area contributed by atoms with E-state index in [9.17, 15) is 4.79 Å². The molecule has 1 aromatic carbocycles. The molecule has 1 aromatic rings. The van der Waals surface area contributed by atoms with Crippen LogP contribution in [0.3, 0.4) is 0 Å². The van der Waals surface area contributed by atoms with E-state index in [1.165, 1.54) is 12.3 Å².